The van der Waals surface area contributed by atoms with Gasteiger partial charge in [-0.2, -0.15) is 5.26 Å². The SMILES string of the molecule is COC(=O)c1c(-n2c(C)cc(/C=C(/C#N)c3ccc(Cl)cc3)c2C)sc2c1CCCC2. The molecule has 0 saturated heterocycles. The monoisotopic (exact) mass is 450 g/mol. The van der Waals surface area contributed by atoms with Crippen molar-refractivity contribution in [3.05, 3.63) is 73.9 Å². The molecule has 0 unspecified atom stereocenters. The number of thiophene rings is 1. The fraction of sp³-hybridized carbons (Fsp3) is 0.280. The van der Waals surface area contributed by atoms with Crippen molar-refractivity contribution in [2.75, 3.05) is 7.11 Å². The van der Waals surface area contributed by atoms with Crippen LogP contribution in [0.15, 0.2) is 30.3 Å². The van der Waals surface area contributed by atoms with Crippen molar-refractivity contribution in [3.63, 3.8) is 0 Å². The molecule has 158 valence electrons. The van der Waals surface area contributed by atoms with Crippen molar-refractivity contribution in [2.45, 2.75) is 39.5 Å². The number of carbonyl (C=O) groups is 1. The van der Waals surface area contributed by atoms with Crippen molar-refractivity contribution >= 4 is 40.6 Å². The quantitative estimate of drug-likeness (QED) is 0.335. The van der Waals surface area contributed by atoms with E-state index in [1.807, 2.05) is 32.1 Å². The third-order valence-corrected chi connectivity index (χ3v) is 7.32. The Labute approximate surface area is 191 Å². The smallest absolute Gasteiger partial charge is 0.341 e. The summed E-state index contributed by atoms with van der Waals surface area (Å²) in [5.41, 5.74) is 6.17. The number of esters is 1. The van der Waals surface area contributed by atoms with Gasteiger partial charge in [-0.1, -0.05) is 23.7 Å². The topological polar surface area (TPSA) is 55.0 Å². The lowest BCUT2D eigenvalue weighted by atomic mass is 9.95. The number of nitrogens with zero attached hydrogens (tertiary/aromatic N) is 2. The Bertz CT molecular complexity index is 1230. The van der Waals surface area contributed by atoms with Crippen molar-refractivity contribution in [1.82, 2.24) is 4.57 Å². The predicted octanol–water partition coefficient (Wildman–Crippen LogP) is 6.54. The molecule has 0 radical (unpaired) electrons. The van der Waals surface area contributed by atoms with Crippen LogP contribution in [0, 0.1) is 25.2 Å². The highest BCUT2D eigenvalue weighted by Crippen LogP contribution is 2.39. The van der Waals surface area contributed by atoms with Gasteiger partial charge in [0, 0.05) is 21.3 Å². The lowest BCUT2D eigenvalue weighted by molar-refractivity contribution is 0.0600. The number of halogens is 1. The molecular formula is C25H23ClN2O2S. The lowest BCUT2D eigenvalue weighted by Crippen LogP contribution is -2.11. The maximum absolute atomic E-state index is 12.7. The number of nitriles is 1. The number of carbonyl (C=O) groups excluding carboxylic acids is 1. The lowest BCUT2D eigenvalue weighted by Gasteiger charge is -2.12. The van der Waals surface area contributed by atoms with Gasteiger partial charge in [0.25, 0.3) is 0 Å². The molecule has 0 saturated carbocycles. The zero-order valence-corrected chi connectivity index (χ0v) is 19.4. The Morgan fingerprint density at radius 2 is 1.94 bits per heavy atom. The van der Waals surface area contributed by atoms with E-state index in [1.165, 1.54) is 12.0 Å². The highest BCUT2D eigenvalue weighted by Gasteiger charge is 2.28. The highest BCUT2D eigenvalue weighted by atomic mass is 35.5. The van der Waals surface area contributed by atoms with Gasteiger partial charge in [0.2, 0.25) is 0 Å². The van der Waals surface area contributed by atoms with Gasteiger partial charge < -0.3 is 9.30 Å². The highest BCUT2D eigenvalue weighted by molar-refractivity contribution is 7.15. The van der Waals surface area contributed by atoms with Crippen LogP contribution in [0.4, 0.5) is 0 Å². The van der Waals surface area contributed by atoms with Crippen molar-refractivity contribution < 1.29 is 9.53 Å². The molecule has 1 aliphatic carbocycles. The summed E-state index contributed by atoms with van der Waals surface area (Å²) in [5, 5.41) is 11.3. The molecule has 0 N–H and O–H groups in total. The van der Waals surface area contributed by atoms with Crippen LogP contribution in [-0.2, 0) is 17.6 Å². The van der Waals surface area contributed by atoms with Gasteiger partial charge in [-0.15, -0.1) is 11.3 Å². The second-order valence-electron chi connectivity index (χ2n) is 7.72. The van der Waals surface area contributed by atoms with E-state index in [9.17, 15) is 10.1 Å². The van der Waals surface area contributed by atoms with E-state index in [1.54, 1.807) is 23.5 Å². The summed E-state index contributed by atoms with van der Waals surface area (Å²) < 4.78 is 7.27. The Hall–Kier alpha value is -2.81. The third-order valence-electron chi connectivity index (χ3n) is 5.79. The number of ether oxygens (including phenoxy) is 1. The van der Waals surface area contributed by atoms with Gasteiger partial charge in [0.05, 0.1) is 24.3 Å². The van der Waals surface area contributed by atoms with E-state index in [0.717, 1.165) is 58.8 Å². The molecule has 2 aromatic heterocycles. The van der Waals surface area contributed by atoms with Crippen LogP contribution in [-0.4, -0.2) is 17.6 Å². The summed E-state index contributed by atoms with van der Waals surface area (Å²) in [5.74, 6) is -0.280. The molecule has 1 aliphatic rings. The zero-order valence-electron chi connectivity index (χ0n) is 17.8. The Morgan fingerprint density at radius 3 is 2.61 bits per heavy atom. The molecule has 0 atom stereocenters. The van der Waals surface area contributed by atoms with Gasteiger partial charge in [0.1, 0.15) is 5.00 Å². The summed E-state index contributed by atoms with van der Waals surface area (Å²) in [4.78, 5) is 14.0. The average molecular weight is 451 g/mol. The number of hydrogen-bond acceptors (Lipinski definition) is 4. The summed E-state index contributed by atoms with van der Waals surface area (Å²) in [7, 11) is 1.44. The number of benzene rings is 1. The molecule has 1 aromatic carbocycles. The first kappa shape index (κ1) is 21.4. The van der Waals surface area contributed by atoms with Gasteiger partial charge in [-0.05, 0) is 80.5 Å². The van der Waals surface area contributed by atoms with E-state index >= 15 is 0 Å². The molecule has 4 nitrogen and oxygen atoms in total. The number of hydrogen-bond donors (Lipinski definition) is 0. The minimum Gasteiger partial charge on any atom is -0.465 e. The second kappa shape index (κ2) is 8.74. The van der Waals surface area contributed by atoms with E-state index < -0.39 is 0 Å². The van der Waals surface area contributed by atoms with Gasteiger partial charge in [-0.25, -0.2) is 4.79 Å². The van der Waals surface area contributed by atoms with E-state index in [2.05, 4.69) is 16.7 Å². The molecule has 0 fully saturated rings. The summed E-state index contributed by atoms with van der Waals surface area (Å²) >= 11 is 7.67. The van der Waals surface area contributed by atoms with Crippen LogP contribution >= 0.6 is 22.9 Å². The van der Waals surface area contributed by atoms with Crippen LogP contribution in [0.5, 0.6) is 0 Å². The largest absolute Gasteiger partial charge is 0.465 e. The molecule has 6 heteroatoms. The molecule has 0 bridgehead atoms. The zero-order chi connectivity index (χ0) is 22.1. The first-order valence-electron chi connectivity index (χ1n) is 10.2. The second-order valence-corrected chi connectivity index (χ2v) is 9.24. The Kier molecular flexibility index (Phi) is 6.04. The normalized spacial score (nSPS) is 13.6. The summed E-state index contributed by atoms with van der Waals surface area (Å²) in [6, 6.07) is 11.6. The van der Waals surface area contributed by atoms with Crippen molar-refractivity contribution in [1.29, 1.82) is 5.26 Å². The predicted molar refractivity (Wildman–Crippen MR) is 126 cm³/mol. The first-order chi connectivity index (χ1) is 14.9. The number of rotatable bonds is 4. The van der Waals surface area contributed by atoms with Gasteiger partial charge >= 0.3 is 5.97 Å². The molecular weight excluding hydrogens is 428 g/mol. The standard InChI is InChI=1S/C25H23ClN2O2S/c1-15-12-18(13-19(14-27)17-8-10-20(26)11-9-17)16(2)28(15)24-23(25(29)30-3)21-6-4-5-7-22(21)31-24/h8-13H,4-7H2,1-3H3/b19-13-. The first-order valence-corrected chi connectivity index (χ1v) is 11.4. The number of allylic oxidation sites excluding steroid dienone is 1. The molecule has 0 aliphatic heterocycles. The van der Waals surface area contributed by atoms with Crippen LogP contribution in [0.2, 0.25) is 5.02 Å². The Balaban J connectivity index is 1.85. The number of fused-ring (bicyclic) bond motifs is 1. The molecule has 3 aromatic rings. The number of aryl methyl sites for hydroxylation is 2. The molecule has 0 spiro atoms. The fourth-order valence-corrected chi connectivity index (χ4v) is 5.85. The maximum atomic E-state index is 12.7. The third kappa shape index (κ3) is 3.94. The fourth-order valence-electron chi connectivity index (χ4n) is 4.23. The van der Waals surface area contributed by atoms with Crippen molar-refractivity contribution in [3.8, 4) is 11.1 Å². The van der Waals surface area contributed by atoms with Gasteiger partial charge in [-0.3, -0.25) is 0 Å². The van der Waals surface area contributed by atoms with E-state index in [0.29, 0.717) is 16.2 Å². The molecule has 0 amide bonds. The van der Waals surface area contributed by atoms with Crippen LogP contribution < -0.4 is 0 Å². The average Bonchev–Trinajstić information content (AvgIpc) is 3.28. The number of aromatic nitrogens is 1. The van der Waals surface area contributed by atoms with Crippen LogP contribution in [0.1, 0.15) is 56.2 Å². The Morgan fingerprint density at radius 1 is 1.23 bits per heavy atom. The van der Waals surface area contributed by atoms with Crippen molar-refractivity contribution in [2.24, 2.45) is 0 Å². The van der Waals surface area contributed by atoms with E-state index in [-0.39, 0.29) is 5.97 Å². The van der Waals surface area contributed by atoms with Crippen LogP contribution in [0.25, 0.3) is 16.7 Å². The summed E-state index contributed by atoms with van der Waals surface area (Å²) in [6.45, 7) is 4.05. The molecule has 4 rings (SSSR count). The molecule has 31 heavy (non-hydrogen) atoms. The maximum Gasteiger partial charge on any atom is 0.341 e. The van der Waals surface area contributed by atoms with E-state index in [4.69, 9.17) is 16.3 Å². The minimum absolute atomic E-state index is 0.280. The van der Waals surface area contributed by atoms with Crippen LogP contribution in [0.3, 0.4) is 0 Å². The number of methoxy groups -OCH3 is 1. The minimum atomic E-state index is -0.280. The summed E-state index contributed by atoms with van der Waals surface area (Å²) in [6.07, 6.45) is 6.06. The van der Waals surface area contributed by atoms with Gasteiger partial charge in [0.15, 0.2) is 0 Å². The molecule has 2 heterocycles.